The summed E-state index contributed by atoms with van der Waals surface area (Å²) in [5.41, 5.74) is 1.42. The quantitative estimate of drug-likeness (QED) is 0.691. The molecule has 0 unspecified atom stereocenters. The second-order valence-electron chi connectivity index (χ2n) is 4.70. The molecule has 1 saturated heterocycles. The van der Waals surface area contributed by atoms with Crippen LogP contribution in [0.1, 0.15) is 26.7 Å². The van der Waals surface area contributed by atoms with Crippen molar-refractivity contribution in [1.82, 2.24) is 10.2 Å². The second kappa shape index (κ2) is 6.20. The minimum Gasteiger partial charge on any atom is -0.317 e. The molecule has 0 saturated carbocycles. The van der Waals surface area contributed by atoms with Gasteiger partial charge in [-0.15, -0.1) is 0 Å². The average Bonchev–Trinajstić information content (AvgIpc) is 2.16. The Balaban J connectivity index is 2.18. The summed E-state index contributed by atoms with van der Waals surface area (Å²) in [6, 6.07) is 0. The standard InChI is InChI=1S/C12H24N2/c1-11(2)6-9-14(3)10-12-4-7-13-8-5-12/h6,12-13H,4-5,7-10H2,1-3H3. The normalized spacial score (nSPS) is 18.6. The molecule has 0 radical (unpaired) electrons. The predicted octanol–water partition coefficient (Wildman–Crippen LogP) is 1.88. The first-order chi connectivity index (χ1) is 6.68. The summed E-state index contributed by atoms with van der Waals surface area (Å²) < 4.78 is 0. The lowest BCUT2D eigenvalue weighted by molar-refractivity contribution is 0.256. The zero-order valence-corrected chi connectivity index (χ0v) is 9.84. The first-order valence-electron chi connectivity index (χ1n) is 5.71. The fraction of sp³-hybridized carbons (Fsp3) is 0.833. The molecule has 1 aliphatic rings. The van der Waals surface area contributed by atoms with Gasteiger partial charge in [-0.25, -0.2) is 0 Å². The van der Waals surface area contributed by atoms with Crippen molar-refractivity contribution in [3.05, 3.63) is 11.6 Å². The maximum atomic E-state index is 3.41. The first-order valence-corrected chi connectivity index (χ1v) is 5.71. The van der Waals surface area contributed by atoms with E-state index in [1.165, 1.54) is 38.0 Å². The van der Waals surface area contributed by atoms with Crippen molar-refractivity contribution in [2.24, 2.45) is 5.92 Å². The Bertz CT molecular complexity index is 177. The smallest absolute Gasteiger partial charge is 0.0162 e. The lowest BCUT2D eigenvalue weighted by Gasteiger charge is -2.26. The third kappa shape index (κ3) is 4.77. The van der Waals surface area contributed by atoms with E-state index in [9.17, 15) is 0 Å². The molecule has 1 fully saturated rings. The van der Waals surface area contributed by atoms with Gasteiger partial charge in [-0.3, -0.25) is 0 Å². The van der Waals surface area contributed by atoms with Crippen molar-refractivity contribution in [1.29, 1.82) is 0 Å². The summed E-state index contributed by atoms with van der Waals surface area (Å²) in [6.07, 6.45) is 5.00. The van der Waals surface area contributed by atoms with E-state index in [2.05, 4.69) is 37.2 Å². The molecule has 1 heterocycles. The summed E-state index contributed by atoms with van der Waals surface area (Å²) in [7, 11) is 2.22. The Labute approximate surface area is 88.4 Å². The molecule has 0 aromatic carbocycles. The lowest BCUT2D eigenvalue weighted by Crippen LogP contribution is -2.34. The molecule has 0 amide bonds. The molecular weight excluding hydrogens is 172 g/mol. The van der Waals surface area contributed by atoms with Crippen LogP contribution in [0.3, 0.4) is 0 Å². The Morgan fingerprint density at radius 3 is 2.57 bits per heavy atom. The first kappa shape index (κ1) is 11.7. The van der Waals surface area contributed by atoms with Gasteiger partial charge in [0, 0.05) is 13.1 Å². The van der Waals surface area contributed by atoms with Gasteiger partial charge < -0.3 is 10.2 Å². The van der Waals surface area contributed by atoms with Crippen molar-refractivity contribution in [2.45, 2.75) is 26.7 Å². The molecule has 0 spiro atoms. The lowest BCUT2D eigenvalue weighted by atomic mass is 9.98. The summed E-state index contributed by atoms with van der Waals surface area (Å²) in [5, 5.41) is 3.41. The van der Waals surface area contributed by atoms with Gasteiger partial charge in [0.15, 0.2) is 0 Å². The maximum absolute atomic E-state index is 3.41. The number of nitrogens with one attached hydrogen (secondary N) is 1. The number of allylic oxidation sites excluding steroid dienone is 1. The summed E-state index contributed by atoms with van der Waals surface area (Å²) in [5.74, 6) is 0.909. The highest BCUT2D eigenvalue weighted by molar-refractivity contribution is 4.94. The van der Waals surface area contributed by atoms with Gasteiger partial charge in [0.1, 0.15) is 0 Å². The SMILES string of the molecule is CC(C)=CCN(C)CC1CCNCC1. The minimum atomic E-state index is 0.909. The number of nitrogens with zero attached hydrogens (tertiary/aromatic N) is 1. The third-order valence-electron chi connectivity index (χ3n) is 2.84. The van der Waals surface area contributed by atoms with E-state index >= 15 is 0 Å². The number of rotatable bonds is 4. The van der Waals surface area contributed by atoms with Crippen LogP contribution in [0.15, 0.2) is 11.6 Å². The van der Waals surface area contributed by atoms with E-state index in [1.807, 2.05) is 0 Å². The molecule has 0 atom stereocenters. The van der Waals surface area contributed by atoms with Crippen LogP contribution in [-0.2, 0) is 0 Å². The molecule has 0 aromatic heterocycles. The van der Waals surface area contributed by atoms with Gasteiger partial charge in [-0.2, -0.15) is 0 Å². The molecule has 82 valence electrons. The van der Waals surface area contributed by atoms with Gasteiger partial charge in [-0.1, -0.05) is 11.6 Å². The predicted molar refractivity (Wildman–Crippen MR) is 62.5 cm³/mol. The molecule has 1 rings (SSSR count). The molecular formula is C12H24N2. The van der Waals surface area contributed by atoms with Crippen molar-refractivity contribution in [3.8, 4) is 0 Å². The minimum absolute atomic E-state index is 0.909. The Morgan fingerprint density at radius 1 is 1.36 bits per heavy atom. The Morgan fingerprint density at radius 2 is 2.00 bits per heavy atom. The number of piperidine rings is 1. The van der Waals surface area contributed by atoms with Gasteiger partial charge in [0.25, 0.3) is 0 Å². The molecule has 1 N–H and O–H groups in total. The third-order valence-corrected chi connectivity index (χ3v) is 2.84. The van der Waals surface area contributed by atoms with Gasteiger partial charge in [-0.05, 0) is 52.7 Å². The molecule has 0 aliphatic carbocycles. The van der Waals surface area contributed by atoms with Crippen LogP contribution in [0, 0.1) is 5.92 Å². The molecule has 2 heteroatoms. The highest BCUT2D eigenvalue weighted by atomic mass is 15.1. The number of hydrogen-bond acceptors (Lipinski definition) is 2. The molecule has 0 aromatic rings. The molecule has 0 bridgehead atoms. The highest BCUT2D eigenvalue weighted by Gasteiger charge is 2.13. The fourth-order valence-corrected chi connectivity index (χ4v) is 1.92. The monoisotopic (exact) mass is 196 g/mol. The van der Waals surface area contributed by atoms with E-state index in [0.717, 1.165) is 12.5 Å². The molecule has 2 nitrogen and oxygen atoms in total. The van der Waals surface area contributed by atoms with Crippen molar-refractivity contribution in [2.75, 3.05) is 33.2 Å². The molecule has 1 aliphatic heterocycles. The van der Waals surface area contributed by atoms with Gasteiger partial charge in [0.05, 0.1) is 0 Å². The number of hydrogen-bond donors (Lipinski definition) is 1. The van der Waals surface area contributed by atoms with E-state index < -0.39 is 0 Å². The Hall–Kier alpha value is -0.340. The van der Waals surface area contributed by atoms with Crippen molar-refractivity contribution >= 4 is 0 Å². The van der Waals surface area contributed by atoms with E-state index in [1.54, 1.807) is 0 Å². The topological polar surface area (TPSA) is 15.3 Å². The number of likely N-dealkylation sites (N-methyl/N-ethyl adjacent to an activating group) is 1. The van der Waals surface area contributed by atoms with E-state index in [4.69, 9.17) is 0 Å². The highest BCUT2D eigenvalue weighted by Crippen LogP contribution is 2.12. The zero-order chi connectivity index (χ0) is 10.4. The van der Waals surface area contributed by atoms with Crippen LogP contribution < -0.4 is 5.32 Å². The van der Waals surface area contributed by atoms with Crippen molar-refractivity contribution < 1.29 is 0 Å². The van der Waals surface area contributed by atoms with Crippen LogP contribution in [0.2, 0.25) is 0 Å². The molecule has 14 heavy (non-hydrogen) atoms. The van der Waals surface area contributed by atoms with E-state index in [0.29, 0.717) is 0 Å². The van der Waals surface area contributed by atoms with Crippen LogP contribution >= 0.6 is 0 Å². The summed E-state index contributed by atoms with van der Waals surface area (Å²) >= 11 is 0. The summed E-state index contributed by atoms with van der Waals surface area (Å²) in [6.45, 7) is 9.11. The Kier molecular flexibility index (Phi) is 5.20. The van der Waals surface area contributed by atoms with Crippen LogP contribution in [0.5, 0.6) is 0 Å². The van der Waals surface area contributed by atoms with Crippen LogP contribution in [-0.4, -0.2) is 38.1 Å². The van der Waals surface area contributed by atoms with Crippen LogP contribution in [0.25, 0.3) is 0 Å². The second-order valence-corrected chi connectivity index (χ2v) is 4.70. The maximum Gasteiger partial charge on any atom is 0.0162 e. The largest absolute Gasteiger partial charge is 0.317 e. The zero-order valence-electron chi connectivity index (χ0n) is 9.84. The van der Waals surface area contributed by atoms with E-state index in [-0.39, 0.29) is 0 Å². The summed E-state index contributed by atoms with van der Waals surface area (Å²) in [4.78, 5) is 2.43. The van der Waals surface area contributed by atoms with Crippen molar-refractivity contribution in [3.63, 3.8) is 0 Å². The fourth-order valence-electron chi connectivity index (χ4n) is 1.92. The van der Waals surface area contributed by atoms with Crippen LogP contribution in [0.4, 0.5) is 0 Å². The van der Waals surface area contributed by atoms with Gasteiger partial charge >= 0.3 is 0 Å². The average molecular weight is 196 g/mol. The van der Waals surface area contributed by atoms with Gasteiger partial charge in [0.2, 0.25) is 0 Å².